The van der Waals surface area contributed by atoms with E-state index in [0.29, 0.717) is 0 Å². The quantitative estimate of drug-likeness (QED) is 0.186. The number of fused-ring (bicyclic) bond motifs is 3. The van der Waals surface area contributed by atoms with Crippen molar-refractivity contribution in [1.29, 1.82) is 0 Å². The molecule has 0 heteroatoms. The van der Waals surface area contributed by atoms with E-state index < -0.39 is 0 Å². The Balaban J connectivity index is 1.12. The summed E-state index contributed by atoms with van der Waals surface area (Å²) in [7, 11) is 0. The lowest BCUT2D eigenvalue weighted by Crippen LogP contribution is -2.11. The highest BCUT2D eigenvalue weighted by atomic mass is 14.3. The van der Waals surface area contributed by atoms with Crippen molar-refractivity contribution in [1.82, 2.24) is 0 Å². The molecule has 0 saturated heterocycles. The molecule has 1 aliphatic rings. The Bertz CT molecular complexity index is 1900. The summed E-state index contributed by atoms with van der Waals surface area (Å²) in [4.78, 5) is 0. The van der Waals surface area contributed by atoms with Gasteiger partial charge in [0.05, 0.1) is 0 Å². The predicted molar refractivity (Wildman–Crippen MR) is 184 cm³/mol. The van der Waals surface area contributed by atoms with Crippen molar-refractivity contribution in [3.05, 3.63) is 179 Å². The second kappa shape index (κ2) is 11.0. The summed E-state index contributed by atoms with van der Waals surface area (Å²) in [5, 5.41) is 0. The summed E-state index contributed by atoms with van der Waals surface area (Å²) in [6.07, 6.45) is 4.45. The predicted octanol–water partition coefficient (Wildman–Crippen LogP) is 11.6. The third-order valence-corrected chi connectivity index (χ3v) is 8.76. The maximum Gasteiger partial charge on any atom is 0.0352 e. The molecule has 6 aromatic rings. The molecule has 0 aliphatic heterocycles. The molecule has 7 rings (SSSR count). The lowest BCUT2D eigenvalue weighted by Gasteiger charge is -2.21. The highest BCUT2D eigenvalue weighted by Crippen LogP contribution is 2.48. The molecule has 0 nitrogen and oxygen atoms in total. The molecule has 43 heavy (non-hydrogen) atoms. The average molecular weight is 553 g/mol. The molecule has 0 amide bonds. The van der Waals surface area contributed by atoms with Crippen LogP contribution >= 0.6 is 0 Å². The first-order chi connectivity index (χ1) is 20.9. The van der Waals surface area contributed by atoms with Gasteiger partial charge in [0.15, 0.2) is 0 Å². The van der Waals surface area contributed by atoms with Gasteiger partial charge in [0.25, 0.3) is 0 Å². The topological polar surface area (TPSA) is 0 Å². The Morgan fingerprint density at radius 2 is 0.953 bits per heavy atom. The third kappa shape index (κ3) is 5.38. The van der Waals surface area contributed by atoms with Crippen molar-refractivity contribution in [2.45, 2.75) is 32.1 Å². The van der Waals surface area contributed by atoms with Crippen LogP contribution in [0.3, 0.4) is 0 Å². The molecule has 1 aliphatic carbocycles. The molecule has 1 atom stereocenters. The van der Waals surface area contributed by atoms with E-state index in [9.17, 15) is 0 Å². The second-order valence-corrected chi connectivity index (χ2v) is 12.6. The first kappa shape index (κ1) is 26.9. The van der Waals surface area contributed by atoms with Gasteiger partial charge in [0.2, 0.25) is 0 Å². The van der Waals surface area contributed by atoms with Gasteiger partial charge < -0.3 is 0 Å². The van der Waals surface area contributed by atoms with E-state index >= 15 is 0 Å². The van der Waals surface area contributed by atoms with Gasteiger partial charge >= 0.3 is 0 Å². The van der Waals surface area contributed by atoms with Crippen LogP contribution in [0.4, 0.5) is 0 Å². The van der Waals surface area contributed by atoms with Crippen LogP contribution in [0.5, 0.6) is 0 Å². The molecule has 0 spiro atoms. The van der Waals surface area contributed by atoms with E-state index in [2.05, 4.69) is 179 Å². The van der Waals surface area contributed by atoms with Gasteiger partial charge in [-0.1, -0.05) is 172 Å². The van der Waals surface area contributed by atoms with Crippen molar-refractivity contribution < 1.29 is 0 Å². The van der Waals surface area contributed by atoms with Gasteiger partial charge in [-0.05, 0) is 78.2 Å². The molecule has 6 aromatic carbocycles. The zero-order valence-electron chi connectivity index (χ0n) is 25.1. The standard InChI is InChI=1S/C43H36/c1-43(2,3)37-26-24-36(25-27-37)42-39-12-8-7-11-38(39)41-29-31(17-28-40(41)42)14-13-30-15-18-33(19-16-30)35-22-20-34(21-23-35)32-9-5-4-6-10-32/h4-29,42H,1-3H3/b14-13+. The summed E-state index contributed by atoms with van der Waals surface area (Å²) in [6.45, 7) is 6.82. The molecule has 1 unspecified atom stereocenters. The average Bonchev–Trinajstić information content (AvgIpc) is 3.38. The molecule has 0 radical (unpaired) electrons. The second-order valence-electron chi connectivity index (χ2n) is 12.6. The molecule has 208 valence electrons. The van der Waals surface area contributed by atoms with E-state index in [1.54, 1.807) is 0 Å². The van der Waals surface area contributed by atoms with E-state index in [1.165, 1.54) is 66.8 Å². The molecule has 0 bridgehead atoms. The lowest BCUT2D eigenvalue weighted by molar-refractivity contribution is 0.590. The highest BCUT2D eigenvalue weighted by molar-refractivity contribution is 5.84. The third-order valence-electron chi connectivity index (χ3n) is 8.76. The van der Waals surface area contributed by atoms with Crippen LogP contribution in [0.2, 0.25) is 0 Å². The molecular formula is C43H36. The van der Waals surface area contributed by atoms with Crippen LogP contribution in [0.1, 0.15) is 60.1 Å². The van der Waals surface area contributed by atoms with Crippen molar-refractivity contribution in [2.24, 2.45) is 0 Å². The van der Waals surface area contributed by atoms with E-state index in [-0.39, 0.29) is 11.3 Å². The lowest BCUT2D eigenvalue weighted by atomic mass is 9.84. The zero-order valence-corrected chi connectivity index (χ0v) is 25.1. The van der Waals surface area contributed by atoms with Gasteiger partial charge in [-0.25, -0.2) is 0 Å². The highest BCUT2D eigenvalue weighted by Gasteiger charge is 2.30. The Morgan fingerprint density at radius 3 is 1.60 bits per heavy atom. The van der Waals surface area contributed by atoms with Gasteiger partial charge in [-0.15, -0.1) is 0 Å². The van der Waals surface area contributed by atoms with Crippen molar-refractivity contribution in [2.75, 3.05) is 0 Å². The Kier molecular flexibility index (Phi) is 6.92. The van der Waals surface area contributed by atoms with Crippen LogP contribution in [0.15, 0.2) is 146 Å². The molecule has 0 fully saturated rings. The number of benzene rings is 6. The molecule has 0 heterocycles. The number of hydrogen-bond acceptors (Lipinski definition) is 0. The van der Waals surface area contributed by atoms with E-state index in [1.807, 2.05) is 0 Å². The number of rotatable bonds is 5. The largest absolute Gasteiger partial charge is 0.0622 e. The molecule has 0 saturated carbocycles. The SMILES string of the molecule is CC(C)(C)c1ccc(C2c3ccccc3-c3cc(/C=C/c4ccc(-c5ccc(-c6ccccc6)cc5)cc4)ccc32)cc1. The molecule has 0 N–H and O–H groups in total. The fourth-order valence-corrected chi connectivity index (χ4v) is 6.32. The van der Waals surface area contributed by atoms with E-state index in [0.717, 1.165) is 0 Å². The summed E-state index contributed by atoms with van der Waals surface area (Å²) < 4.78 is 0. The molecular weight excluding hydrogens is 516 g/mol. The minimum Gasteiger partial charge on any atom is -0.0622 e. The Morgan fingerprint density at radius 1 is 0.442 bits per heavy atom. The van der Waals surface area contributed by atoms with Crippen LogP contribution in [0.25, 0.3) is 45.5 Å². The van der Waals surface area contributed by atoms with Crippen LogP contribution in [-0.2, 0) is 5.41 Å². The number of hydrogen-bond donors (Lipinski definition) is 0. The van der Waals surface area contributed by atoms with Crippen LogP contribution in [-0.4, -0.2) is 0 Å². The van der Waals surface area contributed by atoms with Crippen molar-refractivity contribution in [3.8, 4) is 33.4 Å². The fourth-order valence-electron chi connectivity index (χ4n) is 6.32. The Hall–Kier alpha value is -4.94. The maximum atomic E-state index is 2.36. The Labute approximate surface area is 256 Å². The van der Waals surface area contributed by atoms with Crippen molar-refractivity contribution >= 4 is 12.2 Å². The first-order valence-corrected chi connectivity index (χ1v) is 15.2. The maximum absolute atomic E-state index is 2.36. The van der Waals surface area contributed by atoms with Gasteiger partial charge in [0.1, 0.15) is 0 Å². The van der Waals surface area contributed by atoms with E-state index in [4.69, 9.17) is 0 Å². The summed E-state index contributed by atoms with van der Waals surface area (Å²) in [5.74, 6) is 0.271. The van der Waals surface area contributed by atoms with Crippen molar-refractivity contribution in [3.63, 3.8) is 0 Å². The first-order valence-electron chi connectivity index (χ1n) is 15.2. The molecule has 0 aromatic heterocycles. The monoisotopic (exact) mass is 552 g/mol. The smallest absolute Gasteiger partial charge is 0.0352 e. The van der Waals surface area contributed by atoms with Gasteiger partial charge in [-0.3, -0.25) is 0 Å². The normalized spacial score (nSPS) is 14.1. The van der Waals surface area contributed by atoms with Gasteiger partial charge in [-0.2, -0.15) is 0 Å². The summed E-state index contributed by atoms with van der Waals surface area (Å²) in [5.41, 5.74) is 15.7. The van der Waals surface area contributed by atoms with Gasteiger partial charge in [0, 0.05) is 5.92 Å². The van der Waals surface area contributed by atoms with Crippen LogP contribution < -0.4 is 0 Å². The zero-order chi connectivity index (χ0) is 29.4. The summed E-state index contributed by atoms with van der Waals surface area (Å²) in [6, 6.07) is 53.3. The minimum absolute atomic E-state index is 0.152. The summed E-state index contributed by atoms with van der Waals surface area (Å²) >= 11 is 0. The fraction of sp³-hybridized carbons (Fsp3) is 0.116. The van der Waals surface area contributed by atoms with Crippen LogP contribution in [0, 0.1) is 0 Å². The minimum atomic E-state index is 0.152.